The van der Waals surface area contributed by atoms with E-state index in [4.69, 9.17) is 4.74 Å². The molecule has 0 amide bonds. The molecule has 110 valence electrons. The van der Waals surface area contributed by atoms with Gasteiger partial charge in [-0.1, -0.05) is 67.9 Å². The number of benzene rings is 2. The summed E-state index contributed by atoms with van der Waals surface area (Å²) in [6.07, 6.45) is 2.09. The number of hydrogen-bond acceptors (Lipinski definition) is 2. The van der Waals surface area contributed by atoms with E-state index in [2.05, 4.69) is 6.92 Å². The van der Waals surface area contributed by atoms with Crippen LogP contribution in [0.25, 0.3) is 0 Å². The first-order valence-corrected chi connectivity index (χ1v) is 7.49. The zero-order valence-corrected chi connectivity index (χ0v) is 12.7. The predicted octanol–water partition coefficient (Wildman–Crippen LogP) is 4.60. The number of carbonyl (C=O) groups excluding carboxylic acids is 1. The number of hydrogen-bond donors (Lipinski definition) is 0. The Balaban J connectivity index is 1.89. The number of carbonyl (C=O) groups is 1. The number of aryl methyl sites for hydroxylation is 1. The van der Waals surface area contributed by atoms with E-state index in [0.29, 0.717) is 0 Å². The lowest BCUT2D eigenvalue weighted by Crippen LogP contribution is -2.11. The van der Waals surface area contributed by atoms with Crippen LogP contribution in [0.5, 0.6) is 0 Å². The Morgan fingerprint density at radius 2 is 1.71 bits per heavy atom. The third kappa shape index (κ3) is 4.54. The highest BCUT2D eigenvalue weighted by Gasteiger charge is 2.10. The number of ether oxygens (including phenoxy) is 1. The van der Waals surface area contributed by atoms with Crippen molar-refractivity contribution in [2.45, 2.75) is 32.8 Å². The molecular formula is C19H22O2. The summed E-state index contributed by atoms with van der Waals surface area (Å²) < 4.78 is 5.67. The largest absolute Gasteiger partial charge is 0.366 e. The second-order valence-electron chi connectivity index (χ2n) is 5.23. The van der Waals surface area contributed by atoms with Crippen molar-refractivity contribution in [1.82, 2.24) is 0 Å². The first-order chi connectivity index (χ1) is 10.2. The van der Waals surface area contributed by atoms with Crippen LogP contribution < -0.4 is 0 Å². The summed E-state index contributed by atoms with van der Waals surface area (Å²) in [5.74, 6) is 0.0285. The van der Waals surface area contributed by atoms with Gasteiger partial charge in [0.15, 0.2) is 5.78 Å². The van der Waals surface area contributed by atoms with Crippen molar-refractivity contribution in [3.63, 3.8) is 0 Å². The first kappa shape index (κ1) is 15.5. The maximum atomic E-state index is 12.1. The molecule has 2 nitrogen and oxygen atoms in total. The molecule has 0 spiro atoms. The standard InChI is InChI=1S/C19H22O2/c1-3-7-16-10-12-18(13-11-16)19(20)14-21-15(2)17-8-5-4-6-9-17/h4-6,8-13,15H,3,7,14H2,1-2H3. The van der Waals surface area contributed by atoms with E-state index >= 15 is 0 Å². The Morgan fingerprint density at radius 3 is 2.33 bits per heavy atom. The van der Waals surface area contributed by atoms with Gasteiger partial charge in [0.25, 0.3) is 0 Å². The Kier molecular flexibility index (Phi) is 5.70. The smallest absolute Gasteiger partial charge is 0.188 e. The molecule has 0 radical (unpaired) electrons. The van der Waals surface area contributed by atoms with Crippen LogP contribution in [0.4, 0.5) is 0 Å². The highest BCUT2D eigenvalue weighted by atomic mass is 16.5. The second-order valence-corrected chi connectivity index (χ2v) is 5.23. The normalized spacial score (nSPS) is 12.1. The molecule has 21 heavy (non-hydrogen) atoms. The molecule has 0 bridgehead atoms. The molecule has 0 saturated heterocycles. The average molecular weight is 282 g/mol. The average Bonchev–Trinajstić information content (AvgIpc) is 2.54. The molecule has 1 atom stereocenters. The van der Waals surface area contributed by atoms with Crippen LogP contribution in [-0.2, 0) is 11.2 Å². The minimum absolute atomic E-state index is 0.0285. The zero-order valence-electron chi connectivity index (χ0n) is 12.7. The summed E-state index contributed by atoms with van der Waals surface area (Å²) in [6.45, 7) is 4.23. The molecular weight excluding hydrogens is 260 g/mol. The van der Waals surface area contributed by atoms with Crippen molar-refractivity contribution in [1.29, 1.82) is 0 Å². The molecule has 0 aliphatic carbocycles. The van der Waals surface area contributed by atoms with Crippen molar-refractivity contribution in [3.05, 3.63) is 71.3 Å². The van der Waals surface area contributed by atoms with Gasteiger partial charge < -0.3 is 4.74 Å². The molecule has 2 heteroatoms. The molecule has 0 aliphatic rings. The summed E-state index contributed by atoms with van der Waals surface area (Å²) in [5.41, 5.74) is 3.08. The predicted molar refractivity (Wildman–Crippen MR) is 85.6 cm³/mol. The molecule has 2 aromatic rings. The maximum absolute atomic E-state index is 12.1. The Labute approximate surface area is 126 Å². The van der Waals surface area contributed by atoms with E-state index in [1.165, 1.54) is 5.56 Å². The third-order valence-corrected chi connectivity index (χ3v) is 3.55. The van der Waals surface area contributed by atoms with Gasteiger partial charge in [-0.25, -0.2) is 0 Å². The molecule has 0 aromatic heterocycles. The van der Waals surface area contributed by atoms with Crippen LogP contribution in [0, 0.1) is 0 Å². The zero-order chi connectivity index (χ0) is 15.1. The van der Waals surface area contributed by atoms with Gasteiger partial charge in [-0.3, -0.25) is 4.79 Å². The SMILES string of the molecule is CCCc1ccc(C(=O)COC(C)c2ccccc2)cc1. The minimum Gasteiger partial charge on any atom is -0.366 e. The van der Waals surface area contributed by atoms with E-state index in [9.17, 15) is 4.79 Å². The first-order valence-electron chi connectivity index (χ1n) is 7.49. The van der Waals surface area contributed by atoms with Crippen LogP contribution >= 0.6 is 0 Å². The third-order valence-electron chi connectivity index (χ3n) is 3.55. The van der Waals surface area contributed by atoms with Gasteiger partial charge in [0.05, 0.1) is 6.10 Å². The number of rotatable bonds is 7. The topological polar surface area (TPSA) is 26.3 Å². The second kappa shape index (κ2) is 7.75. The molecule has 1 unspecified atom stereocenters. The van der Waals surface area contributed by atoms with Crippen LogP contribution in [-0.4, -0.2) is 12.4 Å². The molecule has 0 heterocycles. The van der Waals surface area contributed by atoms with Crippen LogP contribution in [0.1, 0.15) is 47.9 Å². The van der Waals surface area contributed by atoms with Gasteiger partial charge in [-0.05, 0) is 24.5 Å². The van der Waals surface area contributed by atoms with Crippen molar-refractivity contribution < 1.29 is 9.53 Å². The molecule has 0 fully saturated rings. The number of ketones is 1. The number of Topliss-reactive ketones (excluding diaryl/α,β-unsaturated/α-hetero) is 1. The van der Waals surface area contributed by atoms with E-state index in [-0.39, 0.29) is 18.5 Å². The van der Waals surface area contributed by atoms with Crippen molar-refractivity contribution in [2.24, 2.45) is 0 Å². The van der Waals surface area contributed by atoms with E-state index in [0.717, 1.165) is 24.0 Å². The summed E-state index contributed by atoms with van der Waals surface area (Å²) in [4.78, 5) is 12.1. The van der Waals surface area contributed by atoms with Crippen LogP contribution in [0.15, 0.2) is 54.6 Å². The monoisotopic (exact) mass is 282 g/mol. The maximum Gasteiger partial charge on any atom is 0.188 e. The van der Waals surface area contributed by atoms with Crippen LogP contribution in [0.2, 0.25) is 0 Å². The van der Waals surface area contributed by atoms with Gasteiger partial charge in [0.1, 0.15) is 6.61 Å². The lowest BCUT2D eigenvalue weighted by Gasteiger charge is -2.12. The Bertz CT molecular complexity index is 558. The lowest BCUT2D eigenvalue weighted by atomic mass is 10.1. The van der Waals surface area contributed by atoms with Gasteiger partial charge >= 0.3 is 0 Å². The summed E-state index contributed by atoms with van der Waals surface area (Å²) in [6, 6.07) is 17.8. The Morgan fingerprint density at radius 1 is 1.05 bits per heavy atom. The minimum atomic E-state index is -0.0745. The quantitative estimate of drug-likeness (QED) is 0.694. The van der Waals surface area contributed by atoms with Crippen LogP contribution in [0.3, 0.4) is 0 Å². The molecule has 2 rings (SSSR count). The molecule has 0 saturated carbocycles. The molecule has 0 N–H and O–H groups in total. The van der Waals surface area contributed by atoms with Gasteiger partial charge in [0.2, 0.25) is 0 Å². The fourth-order valence-corrected chi connectivity index (χ4v) is 2.25. The van der Waals surface area contributed by atoms with E-state index in [1.807, 2.05) is 61.5 Å². The van der Waals surface area contributed by atoms with Gasteiger partial charge in [-0.15, -0.1) is 0 Å². The fraction of sp³-hybridized carbons (Fsp3) is 0.316. The summed E-state index contributed by atoms with van der Waals surface area (Å²) in [5, 5.41) is 0. The summed E-state index contributed by atoms with van der Waals surface area (Å²) in [7, 11) is 0. The fourth-order valence-electron chi connectivity index (χ4n) is 2.25. The lowest BCUT2D eigenvalue weighted by molar-refractivity contribution is 0.0521. The molecule has 0 aliphatic heterocycles. The summed E-state index contributed by atoms with van der Waals surface area (Å²) >= 11 is 0. The van der Waals surface area contributed by atoms with E-state index < -0.39 is 0 Å². The van der Waals surface area contributed by atoms with Crippen molar-refractivity contribution >= 4 is 5.78 Å². The van der Waals surface area contributed by atoms with Gasteiger partial charge in [-0.2, -0.15) is 0 Å². The highest BCUT2D eigenvalue weighted by molar-refractivity contribution is 5.97. The van der Waals surface area contributed by atoms with Crippen molar-refractivity contribution in [2.75, 3.05) is 6.61 Å². The van der Waals surface area contributed by atoms with Crippen molar-refractivity contribution in [3.8, 4) is 0 Å². The molecule has 2 aromatic carbocycles. The van der Waals surface area contributed by atoms with Gasteiger partial charge in [0, 0.05) is 5.56 Å². The Hall–Kier alpha value is -1.93. The van der Waals surface area contributed by atoms with E-state index in [1.54, 1.807) is 0 Å². The highest BCUT2D eigenvalue weighted by Crippen LogP contribution is 2.16.